The van der Waals surface area contributed by atoms with Crippen molar-refractivity contribution in [1.82, 2.24) is 14.5 Å². The van der Waals surface area contributed by atoms with E-state index in [0.717, 1.165) is 53.3 Å². The maximum atomic E-state index is 12.4. The van der Waals surface area contributed by atoms with Crippen LogP contribution >= 0.6 is 22.9 Å². The number of benzene rings is 3. The molecule has 264 valence electrons. The average Bonchev–Trinajstić information content (AvgIpc) is 3.69. The highest BCUT2D eigenvalue weighted by atomic mass is 35.5. The van der Waals surface area contributed by atoms with E-state index in [0.29, 0.717) is 17.4 Å². The molecule has 0 bridgehead atoms. The Morgan fingerprint density at radius 3 is 2.34 bits per heavy atom. The molecule has 1 atom stereocenters. The van der Waals surface area contributed by atoms with E-state index >= 15 is 0 Å². The summed E-state index contributed by atoms with van der Waals surface area (Å²) in [5, 5.41) is 22.2. The molecule has 0 radical (unpaired) electrons. The summed E-state index contributed by atoms with van der Waals surface area (Å²) in [6.07, 6.45) is -0.984. The summed E-state index contributed by atoms with van der Waals surface area (Å²) < 4.78 is 55.0. The lowest BCUT2D eigenvalue weighted by Gasteiger charge is -2.31. The normalized spacial score (nSPS) is 14.5. The number of aromatic nitrogens is 3. The van der Waals surface area contributed by atoms with E-state index in [9.17, 15) is 28.4 Å². The number of hydrogen-bond donors (Lipinski definition) is 1. The van der Waals surface area contributed by atoms with Gasteiger partial charge in [-0.1, -0.05) is 35.6 Å². The predicted octanol–water partition coefficient (Wildman–Crippen LogP) is 7.82. The minimum absolute atomic E-state index is 0.00764. The second-order valence-electron chi connectivity index (χ2n) is 12.0. The van der Waals surface area contributed by atoms with Gasteiger partial charge in [0, 0.05) is 19.6 Å². The van der Waals surface area contributed by atoms with Crippen molar-refractivity contribution in [3.63, 3.8) is 0 Å². The number of anilines is 1. The molecule has 3 aromatic carbocycles. The Morgan fingerprint density at radius 2 is 1.66 bits per heavy atom. The fourth-order valence-corrected chi connectivity index (χ4v) is 6.91. The van der Waals surface area contributed by atoms with Gasteiger partial charge < -0.3 is 34.3 Å². The predicted molar refractivity (Wildman–Crippen MR) is 182 cm³/mol. The highest BCUT2D eigenvalue weighted by Gasteiger charge is 2.31. The van der Waals surface area contributed by atoms with Gasteiger partial charge in [-0.15, -0.1) is 13.2 Å². The van der Waals surface area contributed by atoms with Crippen LogP contribution in [0.5, 0.6) is 17.2 Å². The Morgan fingerprint density at radius 1 is 0.980 bits per heavy atom. The lowest BCUT2D eigenvalue weighted by atomic mass is 9.90. The van der Waals surface area contributed by atoms with E-state index in [1.807, 2.05) is 30.3 Å². The largest absolute Gasteiger partial charge is 0.573 e. The number of nitrogens with zero attached hydrogens (tertiary/aromatic N) is 5. The highest BCUT2D eigenvalue weighted by molar-refractivity contribution is 7.22. The topological polar surface area (TPSA) is 125 Å². The van der Waals surface area contributed by atoms with Crippen molar-refractivity contribution in [1.29, 1.82) is 0 Å². The quantitative estimate of drug-likeness (QED) is 0.0899. The Balaban J connectivity index is 0.929. The maximum Gasteiger partial charge on any atom is 0.573 e. The van der Waals surface area contributed by atoms with Gasteiger partial charge in [-0.2, -0.15) is 0 Å². The Bertz CT molecular complexity index is 1900. The molecule has 1 aliphatic heterocycles. The molecule has 0 amide bonds. The van der Waals surface area contributed by atoms with Crippen LogP contribution in [-0.4, -0.2) is 56.7 Å². The summed E-state index contributed by atoms with van der Waals surface area (Å²) in [6.45, 7) is 2.34. The van der Waals surface area contributed by atoms with Gasteiger partial charge in [-0.05, 0) is 107 Å². The number of fused-ring (bicyclic) bond motifs is 1. The van der Waals surface area contributed by atoms with Crippen LogP contribution in [0.2, 0.25) is 5.28 Å². The first-order chi connectivity index (χ1) is 24.0. The monoisotopic (exact) mass is 731 g/mol. The number of rotatable bonds is 14. The van der Waals surface area contributed by atoms with Gasteiger partial charge in [0.1, 0.15) is 36.7 Å². The van der Waals surface area contributed by atoms with E-state index in [2.05, 4.69) is 26.8 Å². The summed E-state index contributed by atoms with van der Waals surface area (Å²) in [4.78, 5) is 21.1. The Kier molecular flexibility index (Phi) is 10.9. The van der Waals surface area contributed by atoms with Gasteiger partial charge >= 0.3 is 17.5 Å². The van der Waals surface area contributed by atoms with E-state index in [-0.39, 0.29) is 43.0 Å². The lowest BCUT2D eigenvalue weighted by Crippen LogP contribution is -2.34. The fourth-order valence-electron chi connectivity index (χ4n) is 5.64. The van der Waals surface area contributed by atoms with E-state index in [1.165, 1.54) is 28.5 Å². The Hall–Kier alpha value is -4.60. The number of ether oxygens (including phenoxy) is 3. The van der Waals surface area contributed by atoms with Crippen LogP contribution in [-0.2, 0) is 19.6 Å². The van der Waals surface area contributed by atoms with Crippen LogP contribution in [0, 0.1) is 16.0 Å². The number of hydrogen-bond acceptors (Lipinski definition) is 10. The molecule has 1 unspecified atom stereocenters. The third kappa shape index (κ3) is 9.55. The van der Waals surface area contributed by atoms with Gasteiger partial charge in [0.05, 0.1) is 16.3 Å². The van der Waals surface area contributed by atoms with Crippen LogP contribution < -0.4 is 19.1 Å². The Labute approximate surface area is 294 Å². The number of piperidine rings is 1. The maximum absolute atomic E-state index is 12.4. The highest BCUT2D eigenvalue weighted by Crippen LogP contribution is 2.34. The van der Waals surface area contributed by atoms with Gasteiger partial charge in [0.2, 0.25) is 0 Å². The molecule has 6 rings (SSSR count). The molecule has 1 N–H and O–H groups in total. The SMILES string of the molecule is O=[N+]([O-])c1cn(CCC(O)COc2ccc3nc(N4CCC(Cc5ccc(OCc6ccc(OC(F)(F)F)cc6)cc5)CC4)sc3c2)c(Cl)n1. The van der Waals surface area contributed by atoms with Crippen molar-refractivity contribution >= 4 is 44.1 Å². The molecule has 16 heteroatoms. The van der Waals surface area contributed by atoms with E-state index in [1.54, 1.807) is 23.5 Å². The van der Waals surface area contributed by atoms with Crippen molar-refractivity contribution in [3.05, 3.63) is 99.5 Å². The number of imidazole rings is 1. The number of aliphatic hydroxyl groups excluding tert-OH is 1. The fraction of sp³-hybridized carbons (Fsp3) is 0.353. The molecule has 0 spiro atoms. The molecule has 1 aliphatic rings. The van der Waals surface area contributed by atoms with Crippen LogP contribution in [0.25, 0.3) is 10.2 Å². The summed E-state index contributed by atoms with van der Waals surface area (Å²) in [6, 6.07) is 19.2. The summed E-state index contributed by atoms with van der Waals surface area (Å²) >= 11 is 7.55. The van der Waals surface area contributed by atoms with E-state index in [4.69, 9.17) is 26.1 Å². The summed E-state index contributed by atoms with van der Waals surface area (Å²) in [5.74, 6) is 1.23. The number of thiazole rings is 1. The third-order valence-corrected chi connectivity index (χ3v) is 9.67. The van der Waals surface area contributed by atoms with Gasteiger partial charge in [0.15, 0.2) is 5.13 Å². The number of halogens is 4. The van der Waals surface area contributed by atoms with Crippen LogP contribution in [0.4, 0.5) is 24.1 Å². The second kappa shape index (κ2) is 15.5. The molecule has 0 saturated carbocycles. The van der Waals surface area contributed by atoms with Crippen molar-refractivity contribution in [2.75, 3.05) is 24.6 Å². The molecular formula is C34H33ClF3N5O6S. The number of alkyl halides is 3. The minimum atomic E-state index is -4.72. The minimum Gasteiger partial charge on any atom is -0.491 e. The molecule has 50 heavy (non-hydrogen) atoms. The van der Waals surface area contributed by atoms with Gasteiger partial charge in [-0.25, -0.2) is 4.98 Å². The zero-order valence-corrected chi connectivity index (χ0v) is 28.2. The van der Waals surface area contributed by atoms with Crippen molar-refractivity contribution in [2.45, 2.75) is 51.3 Å². The van der Waals surface area contributed by atoms with Crippen molar-refractivity contribution in [2.24, 2.45) is 5.92 Å². The molecular weight excluding hydrogens is 699 g/mol. The first-order valence-electron chi connectivity index (χ1n) is 15.9. The van der Waals surface area contributed by atoms with Crippen molar-refractivity contribution in [3.8, 4) is 17.2 Å². The molecule has 1 fully saturated rings. The third-order valence-electron chi connectivity index (χ3n) is 8.29. The smallest absolute Gasteiger partial charge is 0.491 e. The molecule has 5 aromatic rings. The van der Waals surface area contributed by atoms with Gasteiger partial charge in [0.25, 0.3) is 0 Å². The first kappa shape index (κ1) is 35.2. The molecule has 3 heterocycles. The number of aliphatic hydroxyl groups is 1. The molecule has 1 saturated heterocycles. The first-order valence-corrected chi connectivity index (χ1v) is 17.1. The zero-order valence-electron chi connectivity index (χ0n) is 26.6. The summed E-state index contributed by atoms with van der Waals surface area (Å²) in [7, 11) is 0. The standard InChI is InChI=1S/C34H33ClF3N5O6S/c35-32-40-31(43(45)46)19-42(32)16-13-25(44)21-48-28-9-10-29-30(18-28)50-33(39-29)41-14-11-23(12-15-41)17-22-1-5-26(6-2-22)47-20-24-3-7-27(8-4-24)49-34(36,37)38/h1-10,18-19,23,25,44H,11-17,20-21H2. The van der Waals surface area contributed by atoms with Crippen LogP contribution in [0.1, 0.15) is 30.4 Å². The number of nitro groups is 1. The molecule has 2 aromatic heterocycles. The zero-order chi connectivity index (χ0) is 35.3. The molecule has 0 aliphatic carbocycles. The van der Waals surface area contributed by atoms with Crippen LogP contribution in [0.15, 0.2) is 72.9 Å². The van der Waals surface area contributed by atoms with Gasteiger partial charge in [-0.3, -0.25) is 4.57 Å². The molecule has 11 nitrogen and oxygen atoms in total. The van der Waals surface area contributed by atoms with Crippen molar-refractivity contribution < 1.29 is 37.4 Å². The van der Waals surface area contributed by atoms with Crippen LogP contribution in [0.3, 0.4) is 0 Å². The number of aryl methyl sites for hydroxylation is 1. The van der Waals surface area contributed by atoms with E-state index < -0.39 is 17.4 Å². The second-order valence-corrected chi connectivity index (χ2v) is 13.3. The summed E-state index contributed by atoms with van der Waals surface area (Å²) in [5.41, 5.74) is 2.83. The average molecular weight is 732 g/mol. The lowest BCUT2D eigenvalue weighted by molar-refractivity contribution is -0.389.